The van der Waals surface area contributed by atoms with E-state index in [2.05, 4.69) is 15.0 Å². The molecule has 9 heteroatoms. The van der Waals surface area contributed by atoms with E-state index >= 15 is 0 Å². The maximum atomic E-state index is 13.3. The summed E-state index contributed by atoms with van der Waals surface area (Å²) in [6.07, 6.45) is 2.94. The fraction of sp³-hybridized carbons (Fsp3) is 0.556. The van der Waals surface area contributed by atoms with Crippen molar-refractivity contribution in [2.45, 2.75) is 36.1 Å². The molecule has 3 aliphatic rings. The molecule has 0 bridgehead atoms. The van der Waals surface area contributed by atoms with Gasteiger partial charge in [0.05, 0.1) is 6.61 Å². The van der Waals surface area contributed by atoms with Crippen LogP contribution in [0.5, 0.6) is 5.75 Å². The highest BCUT2D eigenvalue weighted by Gasteiger charge is 2.39. The number of ether oxygens (including phenoxy) is 1. The number of piperazine rings is 1. The Hall–Kier alpha value is -1.97. The molecule has 0 spiro atoms. The standard InChI is InChI=1S/C18H22N4O4S/c1-21-8-9-22(11-14(21)18-19-17(20-26-18)13-5-6-13)27(23,24)15-4-2-3-12-7-10-25-16(12)15/h2-4,13-14H,5-11H2,1H3. The lowest BCUT2D eigenvalue weighted by atomic mass is 10.2. The average Bonchev–Trinajstić information content (AvgIpc) is 3.20. The Labute approximate surface area is 158 Å². The van der Waals surface area contributed by atoms with Crippen molar-refractivity contribution >= 4 is 10.0 Å². The van der Waals surface area contributed by atoms with Crippen LogP contribution in [-0.2, 0) is 16.4 Å². The molecule has 1 aliphatic carbocycles. The van der Waals surface area contributed by atoms with Crippen LogP contribution in [0.25, 0.3) is 0 Å². The highest BCUT2D eigenvalue weighted by atomic mass is 32.2. The quantitative estimate of drug-likeness (QED) is 0.783. The Balaban J connectivity index is 1.44. The summed E-state index contributed by atoms with van der Waals surface area (Å²) in [5, 5.41) is 4.08. The van der Waals surface area contributed by atoms with Crippen molar-refractivity contribution in [2.24, 2.45) is 0 Å². The zero-order valence-corrected chi connectivity index (χ0v) is 16.0. The van der Waals surface area contributed by atoms with Crippen molar-refractivity contribution in [2.75, 3.05) is 33.3 Å². The number of rotatable bonds is 4. The van der Waals surface area contributed by atoms with Crippen molar-refractivity contribution in [1.82, 2.24) is 19.3 Å². The van der Waals surface area contributed by atoms with Crippen LogP contribution in [0, 0.1) is 0 Å². The van der Waals surface area contributed by atoms with E-state index in [9.17, 15) is 8.42 Å². The van der Waals surface area contributed by atoms with E-state index in [0.29, 0.717) is 37.3 Å². The van der Waals surface area contributed by atoms with Gasteiger partial charge in [-0.2, -0.15) is 9.29 Å². The number of benzene rings is 1. The van der Waals surface area contributed by atoms with Gasteiger partial charge in [0.15, 0.2) is 5.82 Å². The van der Waals surface area contributed by atoms with Crippen molar-refractivity contribution in [3.63, 3.8) is 0 Å². The van der Waals surface area contributed by atoms with E-state index in [1.54, 1.807) is 12.1 Å². The Morgan fingerprint density at radius 2 is 2.07 bits per heavy atom. The second-order valence-corrected chi connectivity index (χ2v) is 9.37. The molecule has 0 N–H and O–H groups in total. The molecule has 144 valence electrons. The molecule has 2 aliphatic heterocycles. The van der Waals surface area contributed by atoms with E-state index < -0.39 is 10.0 Å². The molecule has 1 aromatic heterocycles. The molecule has 1 aromatic carbocycles. The van der Waals surface area contributed by atoms with Crippen LogP contribution in [0.1, 0.15) is 42.1 Å². The van der Waals surface area contributed by atoms with Crippen LogP contribution in [0.15, 0.2) is 27.6 Å². The van der Waals surface area contributed by atoms with Crippen molar-refractivity contribution in [1.29, 1.82) is 0 Å². The highest BCUT2D eigenvalue weighted by molar-refractivity contribution is 7.89. The zero-order chi connectivity index (χ0) is 18.6. The van der Waals surface area contributed by atoms with E-state index in [1.807, 2.05) is 13.1 Å². The number of para-hydroxylation sites is 1. The second kappa shape index (κ2) is 6.29. The summed E-state index contributed by atoms with van der Waals surface area (Å²) >= 11 is 0. The van der Waals surface area contributed by atoms with Gasteiger partial charge in [-0.05, 0) is 31.5 Å². The number of nitrogens with zero attached hydrogens (tertiary/aromatic N) is 4. The van der Waals surface area contributed by atoms with E-state index in [0.717, 1.165) is 30.7 Å². The van der Waals surface area contributed by atoms with E-state index in [1.165, 1.54) is 4.31 Å². The van der Waals surface area contributed by atoms with Crippen LogP contribution in [0.3, 0.4) is 0 Å². The summed E-state index contributed by atoms with van der Waals surface area (Å²) in [6.45, 7) is 1.83. The van der Waals surface area contributed by atoms with Gasteiger partial charge in [-0.25, -0.2) is 8.42 Å². The largest absolute Gasteiger partial charge is 0.492 e. The summed E-state index contributed by atoms with van der Waals surface area (Å²) in [7, 11) is -1.70. The summed E-state index contributed by atoms with van der Waals surface area (Å²) in [5.41, 5.74) is 0.952. The summed E-state index contributed by atoms with van der Waals surface area (Å²) in [5.74, 6) is 2.14. The molecule has 1 unspecified atom stereocenters. The monoisotopic (exact) mass is 390 g/mol. The molecule has 8 nitrogen and oxygen atoms in total. The van der Waals surface area contributed by atoms with Gasteiger partial charge in [0.2, 0.25) is 15.9 Å². The van der Waals surface area contributed by atoms with Gasteiger partial charge < -0.3 is 9.26 Å². The molecular formula is C18H22N4O4S. The lowest BCUT2D eigenvalue weighted by Crippen LogP contribution is -2.49. The number of sulfonamides is 1. The van der Waals surface area contributed by atoms with Gasteiger partial charge in [-0.3, -0.25) is 4.90 Å². The molecular weight excluding hydrogens is 368 g/mol. The molecule has 1 atom stereocenters. The fourth-order valence-corrected chi connectivity index (χ4v) is 5.36. The summed E-state index contributed by atoms with van der Waals surface area (Å²) in [6, 6.07) is 5.09. The zero-order valence-electron chi connectivity index (χ0n) is 15.2. The van der Waals surface area contributed by atoms with Gasteiger partial charge in [0.25, 0.3) is 0 Å². The predicted octanol–water partition coefficient (Wildman–Crippen LogP) is 1.56. The lowest BCUT2D eigenvalue weighted by Gasteiger charge is -2.36. The Kier molecular flexibility index (Phi) is 3.99. The van der Waals surface area contributed by atoms with Crippen molar-refractivity contribution in [3.8, 4) is 5.75 Å². The molecule has 27 heavy (non-hydrogen) atoms. The number of hydrogen-bond acceptors (Lipinski definition) is 7. The predicted molar refractivity (Wildman–Crippen MR) is 96.0 cm³/mol. The summed E-state index contributed by atoms with van der Waals surface area (Å²) < 4.78 is 39.2. The Morgan fingerprint density at radius 3 is 2.89 bits per heavy atom. The van der Waals surface area contributed by atoms with Crippen LogP contribution in [-0.4, -0.2) is 61.1 Å². The third kappa shape index (κ3) is 2.94. The molecule has 3 heterocycles. The third-order valence-corrected chi connectivity index (χ3v) is 7.48. The van der Waals surface area contributed by atoms with Crippen LogP contribution >= 0.6 is 0 Å². The third-order valence-electron chi connectivity index (χ3n) is 5.59. The molecule has 1 saturated carbocycles. The van der Waals surface area contributed by atoms with Crippen molar-refractivity contribution < 1.29 is 17.7 Å². The first kappa shape index (κ1) is 17.2. The van der Waals surface area contributed by atoms with Crippen LogP contribution in [0.4, 0.5) is 0 Å². The lowest BCUT2D eigenvalue weighted by molar-refractivity contribution is 0.120. The molecule has 5 rings (SSSR count). The number of hydrogen-bond donors (Lipinski definition) is 0. The first-order valence-electron chi connectivity index (χ1n) is 9.32. The maximum absolute atomic E-state index is 13.3. The molecule has 1 saturated heterocycles. The van der Waals surface area contributed by atoms with Gasteiger partial charge in [0, 0.05) is 32.0 Å². The molecule has 2 fully saturated rings. The number of likely N-dealkylation sites (N-methyl/N-ethyl adjacent to an activating group) is 1. The number of aromatic nitrogens is 2. The first-order valence-corrected chi connectivity index (χ1v) is 10.8. The molecule has 2 aromatic rings. The van der Waals surface area contributed by atoms with Gasteiger partial charge in [-0.15, -0.1) is 0 Å². The minimum atomic E-state index is -3.66. The summed E-state index contributed by atoms with van der Waals surface area (Å²) in [4.78, 5) is 6.85. The van der Waals surface area contributed by atoms with Gasteiger partial charge in [0.1, 0.15) is 16.7 Å². The van der Waals surface area contributed by atoms with E-state index in [-0.39, 0.29) is 17.5 Å². The minimum Gasteiger partial charge on any atom is -0.492 e. The maximum Gasteiger partial charge on any atom is 0.246 e. The smallest absolute Gasteiger partial charge is 0.246 e. The fourth-order valence-electron chi connectivity index (χ4n) is 3.75. The van der Waals surface area contributed by atoms with Gasteiger partial charge >= 0.3 is 0 Å². The first-order chi connectivity index (χ1) is 13.0. The Bertz CT molecular complexity index is 969. The number of fused-ring (bicyclic) bond motifs is 1. The van der Waals surface area contributed by atoms with Crippen LogP contribution in [0.2, 0.25) is 0 Å². The van der Waals surface area contributed by atoms with Gasteiger partial charge in [-0.1, -0.05) is 17.3 Å². The van der Waals surface area contributed by atoms with Crippen LogP contribution < -0.4 is 4.74 Å². The SMILES string of the molecule is CN1CCN(S(=O)(=O)c2cccc3c2OCC3)CC1c1nc(C2CC2)no1. The van der Waals surface area contributed by atoms with E-state index in [4.69, 9.17) is 9.26 Å². The molecule has 0 radical (unpaired) electrons. The Morgan fingerprint density at radius 1 is 1.22 bits per heavy atom. The highest BCUT2D eigenvalue weighted by Crippen LogP contribution is 2.39. The van der Waals surface area contributed by atoms with Crippen molar-refractivity contribution in [3.05, 3.63) is 35.5 Å². The average molecular weight is 390 g/mol. The minimum absolute atomic E-state index is 0.244. The normalized spacial score (nSPS) is 24.0. The second-order valence-electron chi connectivity index (χ2n) is 7.47. The topological polar surface area (TPSA) is 88.8 Å². The molecule has 0 amide bonds.